The Hall–Kier alpha value is -1.84. The number of aryl methyl sites for hydroxylation is 1. The highest BCUT2D eigenvalue weighted by atomic mass is 16.2. The Morgan fingerprint density at radius 2 is 2.00 bits per heavy atom. The van der Waals surface area contributed by atoms with E-state index >= 15 is 0 Å². The molecular formula is C16H22N2O2. The van der Waals surface area contributed by atoms with Gasteiger partial charge in [0.25, 0.3) is 0 Å². The van der Waals surface area contributed by atoms with Crippen molar-refractivity contribution < 1.29 is 9.59 Å². The van der Waals surface area contributed by atoms with Gasteiger partial charge in [-0.1, -0.05) is 19.1 Å². The second-order valence-electron chi connectivity index (χ2n) is 5.58. The van der Waals surface area contributed by atoms with Crippen LogP contribution in [0.25, 0.3) is 0 Å². The maximum absolute atomic E-state index is 12.2. The molecule has 0 bridgehead atoms. The Morgan fingerprint density at radius 3 is 2.50 bits per heavy atom. The van der Waals surface area contributed by atoms with Gasteiger partial charge in [0.2, 0.25) is 11.8 Å². The van der Waals surface area contributed by atoms with Crippen molar-refractivity contribution in [2.75, 3.05) is 11.9 Å². The number of carbonyl (C=O) groups excluding carboxylic acids is 2. The normalized spacial score (nSPS) is 18.7. The number of amides is 2. The van der Waals surface area contributed by atoms with Gasteiger partial charge in [0.15, 0.2) is 0 Å². The van der Waals surface area contributed by atoms with Crippen LogP contribution in [0.1, 0.15) is 32.8 Å². The van der Waals surface area contributed by atoms with E-state index in [1.807, 2.05) is 38.1 Å². The predicted molar refractivity (Wildman–Crippen MR) is 79.4 cm³/mol. The molecule has 0 aromatic heterocycles. The van der Waals surface area contributed by atoms with Gasteiger partial charge in [0.05, 0.1) is 5.92 Å². The molecule has 1 fully saturated rings. The van der Waals surface area contributed by atoms with Gasteiger partial charge in [0.1, 0.15) is 0 Å². The molecule has 0 radical (unpaired) electrons. The van der Waals surface area contributed by atoms with Gasteiger partial charge in [-0.25, -0.2) is 0 Å². The van der Waals surface area contributed by atoms with Gasteiger partial charge < -0.3 is 10.2 Å². The Kier molecular flexibility index (Phi) is 4.42. The lowest BCUT2D eigenvalue weighted by Crippen LogP contribution is -2.33. The molecule has 0 unspecified atom stereocenters. The largest absolute Gasteiger partial charge is 0.339 e. The van der Waals surface area contributed by atoms with Crippen molar-refractivity contribution in [3.05, 3.63) is 29.8 Å². The molecule has 1 aromatic rings. The molecule has 0 aliphatic carbocycles. The first kappa shape index (κ1) is 14.6. The second-order valence-corrected chi connectivity index (χ2v) is 5.58. The quantitative estimate of drug-likeness (QED) is 0.916. The maximum atomic E-state index is 12.2. The number of hydrogen-bond donors (Lipinski definition) is 1. The van der Waals surface area contributed by atoms with Crippen LogP contribution in [-0.2, 0) is 16.0 Å². The lowest BCUT2D eigenvalue weighted by Gasteiger charge is -2.20. The number of likely N-dealkylation sites (tertiary alicyclic amines) is 1. The minimum absolute atomic E-state index is 0.0641. The third-order valence-electron chi connectivity index (χ3n) is 3.78. The molecule has 1 aliphatic heterocycles. The van der Waals surface area contributed by atoms with Crippen molar-refractivity contribution in [3.8, 4) is 0 Å². The van der Waals surface area contributed by atoms with E-state index in [4.69, 9.17) is 0 Å². The number of nitrogens with one attached hydrogen (secondary N) is 1. The van der Waals surface area contributed by atoms with Gasteiger partial charge in [-0.3, -0.25) is 9.59 Å². The summed E-state index contributed by atoms with van der Waals surface area (Å²) in [6.45, 7) is 6.57. The van der Waals surface area contributed by atoms with Crippen molar-refractivity contribution in [3.63, 3.8) is 0 Å². The number of rotatable bonds is 4. The first-order chi connectivity index (χ1) is 9.51. The van der Waals surface area contributed by atoms with Crippen molar-refractivity contribution in [1.82, 2.24) is 4.90 Å². The Labute approximate surface area is 120 Å². The van der Waals surface area contributed by atoms with Gasteiger partial charge in [0, 0.05) is 24.7 Å². The van der Waals surface area contributed by atoms with E-state index in [2.05, 4.69) is 12.2 Å². The zero-order valence-corrected chi connectivity index (χ0v) is 12.3. The number of nitrogens with zero attached hydrogens (tertiary/aromatic N) is 1. The molecule has 108 valence electrons. The van der Waals surface area contributed by atoms with E-state index in [-0.39, 0.29) is 23.8 Å². The zero-order valence-electron chi connectivity index (χ0n) is 12.3. The topological polar surface area (TPSA) is 49.4 Å². The van der Waals surface area contributed by atoms with Crippen LogP contribution >= 0.6 is 0 Å². The molecule has 1 atom stereocenters. The predicted octanol–water partition coefficient (Wildman–Crippen LogP) is 2.44. The highest BCUT2D eigenvalue weighted by Crippen LogP contribution is 2.22. The van der Waals surface area contributed by atoms with Crippen molar-refractivity contribution in [2.24, 2.45) is 5.92 Å². The van der Waals surface area contributed by atoms with E-state index in [1.165, 1.54) is 5.56 Å². The molecule has 0 spiro atoms. The van der Waals surface area contributed by atoms with E-state index in [0.717, 1.165) is 12.1 Å². The molecule has 1 aromatic carbocycles. The van der Waals surface area contributed by atoms with Crippen LogP contribution in [0, 0.1) is 5.92 Å². The lowest BCUT2D eigenvalue weighted by atomic mass is 10.1. The van der Waals surface area contributed by atoms with Crippen LogP contribution in [0.5, 0.6) is 0 Å². The monoisotopic (exact) mass is 274 g/mol. The number of anilines is 1. The maximum Gasteiger partial charge on any atom is 0.229 e. The molecule has 2 amide bonds. The fourth-order valence-corrected chi connectivity index (χ4v) is 2.47. The lowest BCUT2D eigenvalue weighted by molar-refractivity contribution is -0.129. The SMILES string of the molecule is CCc1ccc(NC(=O)[C@@H]2CC(=O)N(C(C)C)C2)cc1. The Balaban J connectivity index is 1.97. The molecule has 1 heterocycles. The summed E-state index contributed by atoms with van der Waals surface area (Å²) in [6.07, 6.45) is 1.30. The number of carbonyl (C=O) groups is 2. The third kappa shape index (κ3) is 3.18. The van der Waals surface area contributed by atoms with Gasteiger partial charge >= 0.3 is 0 Å². The molecule has 4 heteroatoms. The molecule has 4 nitrogen and oxygen atoms in total. The standard InChI is InChI=1S/C16H22N2O2/c1-4-12-5-7-14(8-6-12)17-16(20)13-9-15(19)18(10-13)11(2)3/h5-8,11,13H,4,9-10H2,1-3H3,(H,17,20)/t13-/m1/s1. The molecular weight excluding hydrogens is 252 g/mol. The van der Waals surface area contributed by atoms with Gasteiger partial charge in [-0.05, 0) is 38.0 Å². The Bertz CT molecular complexity index is 494. The summed E-state index contributed by atoms with van der Waals surface area (Å²) in [5.41, 5.74) is 2.03. The van der Waals surface area contributed by atoms with E-state index in [9.17, 15) is 9.59 Å². The van der Waals surface area contributed by atoms with Crippen LogP contribution in [0.4, 0.5) is 5.69 Å². The molecule has 20 heavy (non-hydrogen) atoms. The average molecular weight is 274 g/mol. The summed E-state index contributed by atoms with van der Waals surface area (Å²) in [7, 11) is 0. The van der Waals surface area contributed by atoms with Crippen LogP contribution in [0.3, 0.4) is 0 Å². The average Bonchev–Trinajstić information content (AvgIpc) is 2.82. The van der Waals surface area contributed by atoms with Crippen molar-refractivity contribution in [2.45, 2.75) is 39.7 Å². The van der Waals surface area contributed by atoms with Crippen molar-refractivity contribution >= 4 is 17.5 Å². The first-order valence-corrected chi connectivity index (χ1v) is 7.20. The molecule has 1 saturated heterocycles. The van der Waals surface area contributed by atoms with Gasteiger partial charge in [-0.15, -0.1) is 0 Å². The highest BCUT2D eigenvalue weighted by Gasteiger charge is 2.35. The van der Waals surface area contributed by atoms with E-state index in [0.29, 0.717) is 13.0 Å². The minimum atomic E-state index is -0.240. The minimum Gasteiger partial charge on any atom is -0.339 e. The number of benzene rings is 1. The van der Waals surface area contributed by atoms with Crippen LogP contribution in [0.2, 0.25) is 0 Å². The molecule has 2 rings (SSSR count). The van der Waals surface area contributed by atoms with Crippen molar-refractivity contribution in [1.29, 1.82) is 0 Å². The number of hydrogen-bond acceptors (Lipinski definition) is 2. The fraction of sp³-hybridized carbons (Fsp3) is 0.500. The van der Waals surface area contributed by atoms with Crippen LogP contribution in [0.15, 0.2) is 24.3 Å². The molecule has 0 saturated carbocycles. The first-order valence-electron chi connectivity index (χ1n) is 7.20. The second kappa shape index (κ2) is 6.07. The van der Waals surface area contributed by atoms with Gasteiger partial charge in [-0.2, -0.15) is 0 Å². The van der Waals surface area contributed by atoms with Crippen LogP contribution in [-0.4, -0.2) is 29.3 Å². The Morgan fingerprint density at radius 1 is 1.35 bits per heavy atom. The summed E-state index contributed by atoms with van der Waals surface area (Å²) >= 11 is 0. The highest BCUT2D eigenvalue weighted by molar-refractivity contribution is 5.97. The van der Waals surface area contributed by atoms with E-state index < -0.39 is 0 Å². The summed E-state index contributed by atoms with van der Waals surface area (Å²) in [4.78, 5) is 25.8. The fourth-order valence-electron chi connectivity index (χ4n) is 2.47. The van der Waals surface area contributed by atoms with Crippen LogP contribution < -0.4 is 5.32 Å². The summed E-state index contributed by atoms with van der Waals surface area (Å²) in [6, 6.07) is 8.00. The zero-order chi connectivity index (χ0) is 14.7. The summed E-state index contributed by atoms with van der Waals surface area (Å²) < 4.78 is 0. The van der Waals surface area contributed by atoms with E-state index in [1.54, 1.807) is 4.90 Å². The molecule has 1 N–H and O–H groups in total. The third-order valence-corrected chi connectivity index (χ3v) is 3.78. The summed E-state index contributed by atoms with van der Waals surface area (Å²) in [5, 5.41) is 2.90. The molecule has 1 aliphatic rings. The smallest absolute Gasteiger partial charge is 0.229 e. The summed E-state index contributed by atoms with van der Waals surface area (Å²) in [5.74, 6) is -0.233.